The van der Waals surface area contributed by atoms with Crippen molar-refractivity contribution in [3.8, 4) is 11.8 Å². The van der Waals surface area contributed by atoms with Crippen LogP contribution in [-0.2, 0) is 4.79 Å². The van der Waals surface area contributed by atoms with Crippen molar-refractivity contribution in [2.24, 2.45) is 11.3 Å². The molecule has 0 spiro atoms. The van der Waals surface area contributed by atoms with Crippen molar-refractivity contribution in [1.82, 2.24) is 0 Å². The van der Waals surface area contributed by atoms with Crippen LogP contribution >= 0.6 is 0 Å². The van der Waals surface area contributed by atoms with Crippen molar-refractivity contribution in [1.29, 1.82) is 0 Å². The molecule has 0 saturated heterocycles. The summed E-state index contributed by atoms with van der Waals surface area (Å²) in [6, 6.07) is 3.99. The van der Waals surface area contributed by atoms with Gasteiger partial charge in [-0.25, -0.2) is 4.39 Å². The second-order valence-electron chi connectivity index (χ2n) is 6.17. The number of rotatable bonds is 3. The van der Waals surface area contributed by atoms with Crippen LogP contribution in [0.15, 0.2) is 18.2 Å². The Morgan fingerprint density at radius 2 is 2.10 bits per heavy atom. The highest BCUT2D eigenvalue weighted by atomic mass is 19.1. The minimum Gasteiger partial charge on any atom is -0.384 e. The summed E-state index contributed by atoms with van der Waals surface area (Å²) in [5.41, 5.74) is 0.865. The van der Waals surface area contributed by atoms with Crippen LogP contribution in [-0.4, -0.2) is 17.6 Å². The topological polar surface area (TPSA) is 49.3 Å². The Kier molecular flexibility index (Phi) is 5.92. The Balaban J connectivity index is 2.85. The number of aliphatic hydroxyl groups excluding tert-OH is 1. The fourth-order valence-corrected chi connectivity index (χ4v) is 1.65. The summed E-state index contributed by atoms with van der Waals surface area (Å²) in [4.78, 5) is 12.1. The summed E-state index contributed by atoms with van der Waals surface area (Å²) in [5, 5.41) is 11.5. The van der Waals surface area contributed by atoms with E-state index in [2.05, 4.69) is 37.9 Å². The largest absolute Gasteiger partial charge is 0.384 e. The van der Waals surface area contributed by atoms with Gasteiger partial charge in [-0.2, -0.15) is 0 Å². The van der Waals surface area contributed by atoms with Gasteiger partial charge in [-0.1, -0.05) is 39.5 Å². The number of carbonyl (C=O) groups is 1. The van der Waals surface area contributed by atoms with E-state index < -0.39 is 5.82 Å². The summed E-state index contributed by atoms with van der Waals surface area (Å²) < 4.78 is 13.2. The van der Waals surface area contributed by atoms with Crippen LogP contribution in [0.3, 0.4) is 0 Å². The molecule has 0 aliphatic carbocycles. The van der Waals surface area contributed by atoms with Gasteiger partial charge in [0, 0.05) is 6.42 Å². The zero-order valence-electron chi connectivity index (χ0n) is 13.0. The first-order valence-corrected chi connectivity index (χ1v) is 6.93. The quantitative estimate of drug-likeness (QED) is 0.840. The molecule has 0 radical (unpaired) electrons. The molecule has 1 atom stereocenters. The summed E-state index contributed by atoms with van der Waals surface area (Å²) in [5.74, 6) is 4.75. The standard InChI is InChI=1S/C17H22FNO2/c1-12(17(2,3)4)10-16(21)19-15-8-7-14(18)11-13(15)6-5-9-20/h7-8,11-12,20H,9-10H2,1-4H3,(H,19,21). The van der Waals surface area contributed by atoms with Gasteiger partial charge in [0.25, 0.3) is 0 Å². The van der Waals surface area contributed by atoms with Gasteiger partial charge in [0.1, 0.15) is 12.4 Å². The molecule has 1 amide bonds. The maximum absolute atomic E-state index is 13.2. The van der Waals surface area contributed by atoms with E-state index in [1.807, 2.05) is 6.92 Å². The number of anilines is 1. The molecule has 0 heterocycles. The monoisotopic (exact) mass is 291 g/mol. The third-order valence-corrected chi connectivity index (χ3v) is 3.53. The van der Waals surface area contributed by atoms with E-state index >= 15 is 0 Å². The molecule has 0 aromatic heterocycles. The van der Waals surface area contributed by atoms with Crippen molar-refractivity contribution in [3.63, 3.8) is 0 Å². The van der Waals surface area contributed by atoms with Crippen molar-refractivity contribution < 1.29 is 14.3 Å². The maximum Gasteiger partial charge on any atom is 0.224 e. The number of aliphatic hydroxyl groups is 1. The lowest BCUT2D eigenvalue weighted by molar-refractivity contribution is -0.117. The number of nitrogens with one attached hydrogen (secondary N) is 1. The van der Waals surface area contributed by atoms with Crippen LogP contribution in [0.5, 0.6) is 0 Å². The molecule has 0 bridgehead atoms. The molecule has 3 nitrogen and oxygen atoms in total. The third kappa shape index (κ3) is 5.57. The minimum atomic E-state index is -0.432. The van der Waals surface area contributed by atoms with Crippen LogP contribution in [0.25, 0.3) is 0 Å². The predicted molar refractivity (Wildman–Crippen MR) is 82.2 cm³/mol. The lowest BCUT2D eigenvalue weighted by atomic mass is 9.80. The zero-order chi connectivity index (χ0) is 16.0. The van der Waals surface area contributed by atoms with Gasteiger partial charge in [0.15, 0.2) is 0 Å². The molecule has 0 saturated carbocycles. The van der Waals surface area contributed by atoms with Gasteiger partial charge in [-0.05, 0) is 29.5 Å². The van der Waals surface area contributed by atoms with Gasteiger partial charge in [-0.3, -0.25) is 4.79 Å². The van der Waals surface area contributed by atoms with Crippen molar-refractivity contribution in [2.75, 3.05) is 11.9 Å². The predicted octanol–water partition coefficient (Wildman–Crippen LogP) is 3.18. The number of halogens is 1. The number of hydrogen-bond acceptors (Lipinski definition) is 2. The van der Waals surface area contributed by atoms with E-state index in [4.69, 9.17) is 5.11 Å². The van der Waals surface area contributed by atoms with Gasteiger partial charge in [-0.15, -0.1) is 0 Å². The van der Waals surface area contributed by atoms with E-state index in [1.165, 1.54) is 18.2 Å². The highest BCUT2D eigenvalue weighted by Gasteiger charge is 2.22. The average molecular weight is 291 g/mol. The Morgan fingerprint density at radius 1 is 1.43 bits per heavy atom. The van der Waals surface area contributed by atoms with Crippen LogP contribution < -0.4 is 5.32 Å². The molecule has 1 unspecified atom stereocenters. The molecule has 0 fully saturated rings. The van der Waals surface area contributed by atoms with Crippen LogP contribution in [0, 0.1) is 29.0 Å². The van der Waals surface area contributed by atoms with Gasteiger partial charge in [0.05, 0.1) is 11.3 Å². The second kappa shape index (κ2) is 7.24. The lowest BCUT2D eigenvalue weighted by Crippen LogP contribution is -2.24. The van der Waals surface area contributed by atoms with Crippen LogP contribution in [0.4, 0.5) is 10.1 Å². The molecule has 2 N–H and O–H groups in total. The van der Waals surface area contributed by atoms with E-state index in [1.54, 1.807) is 0 Å². The summed E-state index contributed by atoms with van der Waals surface area (Å²) in [6.45, 7) is 7.96. The molecule has 4 heteroatoms. The Bertz CT molecular complexity index is 564. The highest BCUT2D eigenvalue weighted by Crippen LogP contribution is 2.28. The van der Waals surface area contributed by atoms with Crippen LogP contribution in [0.1, 0.15) is 39.7 Å². The molecule has 1 rings (SSSR count). The number of benzene rings is 1. The molecule has 1 aromatic carbocycles. The van der Waals surface area contributed by atoms with Gasteiger partial charge < -0.3 is 10.4 Å². The summed E-state index contributed by atoms with van der Waals surface area (Å²) in [7, 11) is 0. The van der Waals surface area contributed by atoms with E-state index in [0.717, 1.165) is 0 Å². The second-order valence-corrected chi connectivity index (χ2v) is 6.17. The number of carbonyl (C=O) groups excluding carboxylic acids is 1. The van der Waals surface area contributed by atoms with Crippen LogP contribution in [0.2, 0.25) is 0 Å². The molecule has 0 aliphatic rings. The van der Waals surface area contributed by atoms with Gasteiger partial charge >= 0.3 is 0 Å². The van der Waals surface area contributed by atoms with Crippen molar-refractivity contribution in [2.45, 2.75) is 34.1 Å². The fraction of sp³-hybridized carbons (Fsp3) is 0.471. The first kappa shape index (κ1) is 17.2. The lowest BCUT2D eigenvalue weighted by Gasteiger charge is -2.26. The Hall–Kier alpha value is -1.86. The van der Waals surface area contributed by atoms with Gasteiger partial charge in [0.2, 0.25) is 5.91 Å². The summed E-state index contributed by atoms with van der Waals surface area (Å²) >= 11 is 0. The molecular weight excluding hydrogens is 269 g/mol. The van der Waals surface area contributed by atoms with E-state index in [0.29, 0.717) is 17.7 Å². The normalized spacial score (nSPS) is 12.3. The molecule has 114 valence electrons. The highest BCUT2D eigenvalue weighted by molar-refractivity contribution is 5.92. The molecule has 0 aliphatic heterocycles. The molecule has 1 aromatic rings. The van der Waals surface area contributed by atoms with E-state index in [-0.39, 0.29) is 23.8 Å². The Morgan fingerprint density at radius 3 is 2.67 bits per heavy atom. The Labute approximate surface area is 125 Å². The SMILES string of the molecule is CC(CC(=O)Nc1ccc(F)cc1C#CCO)C(C)(C)C. The maximum atomic E-state index is 13.2. The average Bonchev–Trinajstić information content (AvgIpc) is 2.37. The van der Waals surface area contributed by atoms with Crippen molar-refractivity contribution >= 4 is 11.6 Å². The molecular formula is C17H22FNO2. The summed E-state index contributed by atoms with van der Waals surface area (Å²) in [6.07, 6.45) is 0.383. The number of hydrogen-bond donors (Lipinski definition) is 2. The van der Waals surface area contributed by atoms with E-state index in [9.17, 15) is 9.18 Å². The number of amides is 1. The zero-order valence-corrected chi connectivity index (χ0v) is 13.0. The first-order valence-electron chi connectivity index (χ1n) is 6.93. The molecule has 21 heavy (non-hydrogen) atoms. The fourth-order valence-electron chi connectivity index (χ4n) is 1.65. The van der Waals surface area contributed by atoms with Crippen molar-refractivity contribution in [3.05, 3.63) is 29.6 Å². The first-order chi connectivity index (χ1) is 9.74. The third-order valence-electron chi connectivity index (χ3n) is 3.53. The minimum absolute atomic E-state index is 0.0413. The smallest absolute Gasteiger partial charge is 0.224 e.